The number of guanidine groups is 1. The SMILES string of the molecule is CN=C(NCCSc1ccc(Cl)cc1)NCC1CN(C)CCN1C.I. The van der Waals surface area contributed by atoms with Crippen LogP contribution < -0.4 is 10.6 Å². The van der Waals surface area contributed by atoms with E-state index in [0.717, 1.165) is 49.5 Å². The monoisotopic (exact) mass is 497 g/mol. The lowest BCUT2D eigenvalue weighted by Gasteiger charge is -2.37. The minimum Gasteiger partial charge on any atom is -0.356 e. The fraction of sp³-hybridized carbons (Fsp3) is 0.588. The number of likely N-dealkylation sites (N-methyl/N-ethyl adjacent to an activating group) is 2. The van der Waals surface area contributed by atoms with Crippen molar-refractivity contribution in [1.82, 2.24) is 20.4 Å². The molecule has 8 heteroatoms. The summed E-state index contributed by atoms with van der Waals surface area (Å²) in [5, 5.41) is 7.59. The summed E-state index contributed by atoms with van der Waals surface area (Å²) in [5.41, 5.74) is 0. The molecule has 1 aliphatic heterocycles. The Hall–Kier alpha value is -0.220. The Morgan fingerprint density at radius 3 is 2.64 bits per heavy atom. The van der Waals surface area contributed by atoms with Crippen LogP contribution in [0.25, 0.3) is 0 Å². The Kier molecular flexibility index (Phi) is 11.2. The van der Waals surface area contributed by atoms with Gasteiger partial charge in [0.25, 0.3) is 0 Å². The molecule has 5 nitrogen and oxygen atoms in total. The van der Waals surface area contributed by atoms with E-state index in [1.165, 1.54) is 4.90 Å². The molecule has 0 radical (unpaired) electrons. The van der Waals surface area contributed by atoms with Gasteiger partial charge in [-0.15, -0.1) is 35.7 Å². The summed E-state index contributed by atoms with van der Waals surface area (Å²) in [6.07, 6.45) is 0. The molecule has 1 atom stereocenters. The molecule has 1 heterocycles. The molecule has 1 fully saturated rings. The molecule has 2 rings (SSSR count). The third kappa shape index (κ3) is 8.34. The maximum Gasteiger partial charge on any atom is 0.191 e. The fourth-order valence-electron chi connectivity index (χ4n) is 2.63. The lowest BCUT2D eigenvalue weighted by atomic mass is 10.2. The highest BCUT2D eigenvalue weighted by Crippen LogP contribution is 2.19. The van der Waals surface area contributed by atoms with Crippen molar-refractivity contribution in [2.75, 3.05) is 59.6 Å². The number of hydrogen-bond acceptors (Lipinski definition) is 4. The van der Waals surface area contributed by atoms with E-state index in [4.69, 9.17) is 11.6 Å². The van der Waals surface area contributed by atoms with Gasteiger partial charge in [0.15, 0.2) is 5.96 Å². The first-order valence-corrected chi connectivity index (χ1v) is 9.66. The fourth-order valence-corrected chi connectivity index (χ4v) is 3.52. The second kappa shape index (κ2) is 12.2. The summed E-state index contributed by atoms with van der Waals surface area (Å²) in [4.78, 5) is 10.3. The summed E-state index contributed by atoms with van der Waals surface area (Å²) in [6.45, 7) is 5.12. The molecule has 0 saturated carbocycles. The molecule has 142 valence electrons. The van der Waals surface area contributed by atoms with Crippen molar-refractivity contribution in [3.8, 4) is 0 Å². The molecule has 0 aromatic heterocycles. The van der Waals surface area contributed by atoms with E-state index in [1.807, 2.05) is 30.9 Å². The average Bonchev–Trinajstić information content (AvgIpc) is 2.58. The van der Waals surface area contributed by atoms with Crippen molar-refractivity contribution in [3.63, 3.8) is 0 Å². The van der Waals surface area contributed by atoms with Crippen LogP contribution in [-0.4, -0.2) is 81.4 Å². The molecule has 1 aromatic carbocycles. The third-order valence-corrected chi connectivity index (χ3v) is 5.45. The van der Waals surface area contributed by atoms with Crippen LogP contribution in [0.5, 0.6) is 0 Å². The van der Waals surface area contributed by atoms with E-state index in [2.05, 4.69) is 51.7 Å². The largest absolute Gasteiger partial charge is 0.356 e. The zero-order valence-electron chi connectivity index (χ0n) is 15.2. The highest BCUT2D eigenvalue weighted by Gasteiger charge is 2.21. The maximum atomic E-state index is 5.90. The minimum absolute atomic E-state index is 0. The average molecular weight is 498 g/mol. The normalized spacial score (nSPS) is 19.4. The smallest absolute Gasteiger partial charge is 0.191 e. The van der Waals surface area contributed by atoms with Gasteiger partial charge < -0.3 is 15.5 Å². The minimum atomic E-state index is 0. The molecule has 0 bridgehead atoms. The second-order valence-corrected chi connectivity index (χ2v) is 7.68. The summed E-state index contributed by atoms with van der Waals surface area (Å²) in [7, 11) is 6.19. The Labute approximate surface area is 178 Å². The molecule has 2 N–H and O–H groups in total. The number of nitrogens with one attached hydrogen (secondary N) is 2. The molecular weight excluding hydrogens is 469 g/mol. The molecule has 1 aromatic rings. The number of aliphatic imine (C=N–C) groups is 1. The van der Waals surface area contributed by atoms with Crippen LogP contribution in [0.2, 0.25) is 5.02 Å². The van der Waals surface area contributed by atoms with Gasteiger partial charge in [0.1, 0.15) is 0 Å². The molecule has 1 aliphatic rings. The van der Waals surface area contributed by atoms with Gasteiger partial charge in [-0.25, -0.2) is 0 Å². The highest BCUT2D eigenvalue weighted by atomic mass is 127. The van der Waals surface area contributed by atoms with Crippen LogP contribution in [0.4, 0.5) is 0 Å². The van der Waals surface area contributed by atoms with Crippen molar-refractivity contribution < 1.29 is 0 Å². The number of thioether (sulfide) groups is 1. The number of rotatable bonds is 6. The van der Waals surface area contributed by atoms with Gasteiger partial charge in [-0.3, -0.25) is 9.89 Å². The van der Waals surface area contributed by atoms with Crippen molar-refractivity contribution in [1.29, 1.82) is 0 Å². The van der Waals surface area contributed by atoms with Crippen molar-refractivity contribution in [3.05, 3.63) is 29.3 Å². The van der Waals surface area contributed by atoms with Gasteiger partial charge in [0.05, 0.1) is 0 Å². The van der Waals surface area contributed by atoms with Gasteiger partial charge in [-0.1, -0.05) is 11.6 Å². The van der Waals surface area contributed by atoms with E-state index < -0.39 is 0 Å². The van der Waals surface area contributed by atoms with Crippen molar-refractivity contribution in [2.24, 2.45) is 4.99 Å². The molecule has 0 aliphatic carbocycles. The first-order chi connectivity index (χ1) is 11.6. The van der Waals surface area contributed by atoms with Gasteiger partial charge in [0.2, 0.25) is 0 Å². The summed E-state index contributed by atoms with van der Waals surface area (Å²) in [5.74, 6) is 1.85. The second-order valence-electron chi connectivity index (χ2n) is 6.08. The van der Waals surface area contributed by atoms with Gasteiger partial charge in [-0.2, -0.15) is 0 Å². The first kappa shape index (κ1) is 22.8. The Morgan fingerprint density at radius 2 is 1.96 bits per heavy atom. The Bertz CT molecular complexity index is 528. The van der Waals surface area contributed by atoms with E-state index in [0.29, 0.717) is 6.04 Å². The quantitative estimate of drug-likeness (QED) is 0.208. The van der Waals surface area contributed by atoms with Gasteiger partial charge in [0, 0.05) is 61.5 Å². The van der Waals surface area contributed by atoms with Crippen LogP contribution in [0.3, 0.4) is 0 Å². The van der Waals surface area contributed by atoms with Crippen LogP contribution in [-0.2, 0) is 0 Å². The van der Waals surface area contributed by atoms with Gasteiger partial charge >= 0.3 is 0 Å². The molecule has 25 heavy (non-hydrogen) atoms. The van der Waals surface area contributed by atoms with Gasteiger partial charge in [-0.05, 0) is 38.4 Å². The van der Waals surface area contributed by atoms with Crippen LogP contribution in [0.1, 0.15) is 0 Å². The third-order valence-electron chi connectivity index (χ3n) is 4.19. The van der Waals surface area contributed by atoms with E-state index >= 15 is 0 Å². The summed E-state index contributed by atoms with van der Waals surface area (Å²) in [6, 6.07) is 8.47. The highest BCUT2D eigenvalue weighted by molar-refractivity contribution is 14.0. The number of benzene rings is 1. The Balaban J connectivity index is 0.00000312. The standard InChI is InChI=1S/C17H28ClN5S.HI/c1-19-17(21-12-15-13-22(2)9-10-23(15)3)20-8-11-24-16-6-4-14(18)5-7-16;/h4-7,15H,8-13H2,1-3H3,(H2,19,20,21);1H. The van der Waals surface area contributed by atoms with E-state index in [1.54, 1.807) is 0 Å². The first-order valence-electron chi connectivity index (χ1n) is 8.30. The lowest BCUT2D eigenvalue weighted by molar-refractivity contribution is 0.116. The Morgan fingerprint density at radius 1 is 1.24 bits per heavy atom. The topological polar surface area (TPSA) is 42.9 Å². The molecule has 0 spiro atoms. The van der Waals surface area contributed by atoms with Crippen LogP contribution >= 0.6 is 47.3 Å². The lowest BCUT2D eigenvalue weighted by Crippen LogP contribution is -2.55. The molecular formula is C17H29ClIN5S. The molecule has 1 saturated heterocycles. The maximum absolute atomic E-state index is 5.90. The van der Waals surface area contributed by atoms with Crippen molar-refractivity contribution in [2.45, 2.75) is 10.9 Å². The number of hydrogen-bond donors (Lipinski definition) is 2. The zero-order valence-corrected chi connectivity index (χ0v) is 19.1. The number of piperazine rings is 1. The summed E-state index contributed by atoms with van der Waals surface area (Å²) < 4.78 is 0. The predicted octanol–water partition coefficient (Wildman–Crippen LogP) is 2.46. The number of halogens is 2. The predicted molar refractivity (Wildman–Crippen MR) is 121 cm³/mol. The van der Waals surface area contributed by atoms with E-state index in [9.17, 15) is 0 Å². The van der Waals surface area contributed by atoms with Crippen LogP contribution in [0, 0.1) is 0 Å². The molecule has 0 amide bonds. The van der Waals surface area contributed by atoms with E-state index in [-0.39, 0.29) is 24.0 Å². The van der Waals surface area contributed by atoms with Crippen molar-refractivity contribution >= 4 is 53.3 Å². The molecule has 1 unspecified atom stereocenters. The summed E-state index contributed by atoms with van der Waals surface area (Å²) >= 11 is 7.71. The number of nitrogens with zero attached hydrogens (tertiary/aromatic N) is 3. The van der Waals surface area contributed by atoms with Crippen LogP contribution in [0.15, 0.2) is 34.2 Å². The zero-order chi connectivity index (χ0) is 17.4.